The maximum absolute atomic E-state index is 6.44. The van der Waals surface area contributed by atoms with Crippen LogP contribution >= 0.6 is 23.4 Å². The molecule has 0 bridgehead atoms. The summed E-state index contributed by atoms with van der Waals surface area (Å²) in [7, 11) is 0. The van der Waals surface area contributed by atoms with Crippen LogP contribution in [0.1, 0.15) is 45.2 Å². The fraction of sp³-hybridized carbons (Fsp3) is 0.625. The van der Waals surface area contributed by atoms with Crippen molar-refractivity contribution in [3.8, 4) is 0 Å². The van der Waals surface area contributed by atoms with E-state index in [9.17, 15) is 0 Å². The topological polar surface area (TPSA) is 21.3 Å². The van der Waals surface area contributed by atoms with Gasteiger partial charge in [0, 0.05) is 22.8 Å². The van der Waals surface area contributed by atoms with E-state index in [0.717, 1.165) is 31.0 Å². The largest absolute Gasteiger partial charge is 0.377 e. The van der Waals surface area contributed by atoms with Crippen molar-refractivity contribution in [3.63, 3.8) is 0 Å². The third-order valence-corrected chi connectivity index (χ3v) is 5.70. The molecule has 1 aliphatic heterocycles. The minimum absolute atomic E-state index is 0.320. The molecule has 112 valence electrons. The zero-order valence-corrected chi connectivity index (χ0v) is 14.1. The Hall–Kier alpha value is -0.220. The summed E-state index contributed by atoms with van der Waals surface area (Å²) in [5, 5.41) is 4.87. The van der Waals surface area contributed by atoms with Gasteiger partial charge in [-0.05, 0) is 50.9 Å². The monoisotopic (exact) mass is 313 g/mol. The summed E-state index contributed by atoms with van der Waals surface area (Å²) < 4.78 is 5.61. The van der Waals surface area contributed by atoms with Crippen LogP contribution in [0.25, 0.3) is 0 Å². The Balaban J connectivity index is 2.01. The molecular weight excluding hydrogens is 290 g/mol. The quantitative estimate of drug-likeness (QED) is 0.824. The van der Waals surface area contributed by atoms with E-state index in [2.05, 4.69) is 44.3 Å². The molecule has 0 aromatic heterocycles. The Labute approximate surface area is 131 Å². The van der Waals surface area contributed by atoms with Gasteiger partial charge in [-0.25, -0.2) is 0 Å². The Morgan fingerprint density at radius 3 is 2.90 bits per heavy atom. The second kappa shape index (κ2) is 7.69. The molecule has 1 aliphatic rings. The van der Waals surface area contributed by atoms with Crippen molar-refractivity contribution in [3.05, 3.63) is 28.8 Å². The number of hydrogen-bond donors (Lipinski definition) is 1. The van der Waals surface area contributed by atoms with E-state index in [1.807, 2.05) is 11.8 Å². The van der Waals surface area contributed by atoms with E-state index < -0.39 is 0 Å². The highest BCUT2D eigenvalue weighted by Crippen LogP contribution is 2.37. The van der Waals surface area contributed by atoms with Gasteiger partial charge >= 0.3 is 0 Å². The lowest BCUT2D eigenvalue weighted by molar-refractivity contribution is 0.127. The number of nitrogens with one attached hydrogen (secondary N) is 1. The zero-order chi connectivity index (χ0) is 14.5. The Kier molecular flexibility index (Phi) is 6.21. The van der Waals surface area contributed by atoms with Gasteiger partial charge in [0.05, 0.1) is 11.1 Å². The van der Waals surface area contributed by atoms with Gasteiger partial charge in [0.2, 0.25) is 0 Å². The van der Waals surface area contributed by atoms with Gasteiger partial charge in [0.15, 0.2) is 0 Å². The second-order valence-corrected chi connectivity index (χ2v) is 7.07. The van der Waals surface area contributed by atoms with E-state index in [1.165, 1.54) is 10.5 Å². The number of halogens is 1. The minimum Gasteiger partial charge on any atom is -0.377 e. The highest BCUT2D eigenvalue weighted by molar-refractivity contribution is 8.00. The molecule has 1 heterocycles. The van der Waals surface area contributed by atoms with E-state index in [-0.39, 0.29) is 0 Å². The summed E-state index contributed by atoms with van der Waals surface area (Å²) in [5.41, 5.74) is 1.25. The van der Waals surface area contributed by atoms with Crippen LogP contribution in [0.4, 0.5) is 0 Å². The van der Waals surface area contributed by atoms with Crippen molar-refractivity contribution in [2.24, 2.45) is 0 Å². The van der Waals surface area contributed by atoms with Crippen LogP contribution in [0.5, 0.6) is 0 Å². The SMILES string of the molecule is CCCNC(C)c1ccc(SC2CCOC2C)c(Cl)c1. The van der Waals surface area contributed by atoms with Crippen LogP contribution in [-0.2, 0) is 4.74 Å². The van der Waals surface area contributed by atoms with Gasteiger partial charge in [0.25, 0.3) is 0 Å². The Morgan fingerprint density at radius 2 is 2.30 bits per heavy atom. The Bertz CT molecular complexity index is 440. The standard InChI is InChI=1S/C16H24ClNOS/c1-4-8-18-11(2)13-5-6-16(14(17)10-13)20-15-7-9-19-12(15)3/h5-6,10-12,15,18H,4,7-9H2,1-3H3. The number of thioether (sulfide) groups is 1. The molecule has 0 radical (unpaired) electrons. The molecule has 2 nitrogen and oxygen atoms in total. The number of rotatable bonds is 6. The van der Waals surface area contributed by atoms with Crippen molar-refractivity contribution in [1.82, 2.24) is 5.32 Å². The van der Waals surface area contributed by atoms with Gasteiger partial charge in [-0.1, -0.05) is 24.6 Å². The maximum Gasteiger partial charge on any atom is 0.0669 e. The van der Waals surface area contributed by atoms with Gasteiger partial charge in [0.1, 0.15) is 0 Å². The first kappa shape index (κ1) is 16.2. The van der Waals surface area contributed by atoms with Crippen LogP contribution in [0.2, 0.25) is 5.02 Å². The van der Waals surface area contributed by atoms with Crippen LogP contribution in [0.3, 0.4) is 0 Å². The molecule has 2 rings (SSSR count). The third kappa shape index (κ3) is 4.14. The zero-order valence-electron chi connectivity index (χ0n) is 12.5. The minimum atomic E-state index is 0.320. The summed E-state index contributed by atoms with van der Waals surface area (Å²) in [6.07, 6.45) is 2.57. The van der Waals surface area contributed by atoms with Gasteiger partial charge in [-0.3, -0.25) is 0 Å². The van der Waals surface area contributed by atoms with Crippen molar-refractivity contribution in [2.75, 3.05) is 13.2 Å². The van der Waals surface area contributed by atoms with Crippen LogP contribution < -0.4 is 5.32 Å². The van der Waals surface area contributed by atoms with Gasteiger partial charge in [-0.15, -0.1) is 11.8 Å². The van der Waals surface area contributed by atoms with Gasteiger partial charge < -0.3 is 10.1 Å². The average molecular weight is 314 g/mol. The maximum atomic E-state index is 6.44. The molecule has 0 saturated carbocycles. The van der Waals surface area contributed by atoms with Crippen molar-refractivity contribution in [1.29, 1.82) is 0 Å². The fourth-order valence-electron chi connectivity index (χ4n) is 2.39. The third-order valence-electron chi connectivity index (χ3n) is 3.74. The number of ether oxygens (including phenoxy) is 1. The lowest BCUT2D eigenvalue weighted by Gasteiger charge is -2.17. The van der Waals surface area contributed by atoms with E-state index in [4.69, 9.17) is 16.3 Å². The number of hydrogen-bond acceptors (Lipinski definition) is 3. The molecule has 1 saturated heterocycles. The first-order valence-electron chi connectivity index (χ1n) is 7.43. The highest BCUT2D eigenvalue weighted by Gasteiger charge is 2.25. The van der Waals surface area contributed by atoms with E-state index >= 15 is 0 Å². The van der Waals surface area contributed by atoms with Gasteiger partial charge in [-0.2, -0.15) is 0 Å². The Morgan fingerprint density at radius 1 is 1.50 bits per heavy atom. The van der Waals surface area contributed by atoms with Crippen LogP contribution in [0.15, 0.2) is 23.1 Å². The predicted molar refractivity (Wildman–Crippen MR) is 87.8 cm³/mol. The molecule has 0 spiro atoms. The molecule has 4 heteroatoms. The lowest BCUT2D eigenvalue weighted by Crippen LogP contribution is -2.19. The van der Waals surface area contributed by atoms with Crippen molar-refractivity contribution < 1.29 is 4.74 Å². The molecule has 3 atom stereocenters. The van der Waals surface area contributed by atoms with Crippen LogP contribution in [0, 0.1) is 0 Å². The van der Waals surface area contributed by atoms with E-state index in [0.29, 0.717) is 17.4 Å². The van der Waals surface area contributed by atoms with E-state index in [1.54, 1.807) is 0 Å². The van der Waals surface area contributed by atoms with Crippen LogP contribution in [-0.4, -0.2) is 24.5 Å². The molecular formula is C16H24ClNOS. The molecule has 0 amide bonds. The molecule has 1 aromatic carbocycles. The second-order valence-electron chi connectivity index (χ2n) is 5.39. The summed E-state index contributed by atoms with van der Waals surface area (Å²) in [4.78, 5) is 1.17. The highest BCUT2D eigenvalue weighted by atomic mass is 35.5. The molecule has 1 fully saturated rings. The predicted octanol–water partition coefficient (Wildman–Crippen LogP) is 4.67. The normalized spacial score (nSPS) is 24.0. The summed E-state index contributed by atoms with van der Waals surface area (Å²) in [5.74, 6) is 0. The fourth-order valence-corrected chi connectivity index (χ4v) is 3.84. The molecule has 1 N–H and O–H groups in total. The summed E-state index contributed by atoms with van der Waals surface area (Å²) in [6.45, 7) is 8.40. The van der Waals surface area contributed by atoms with Crippen molar-refractivity contribution in [2.45, 2.75) is 55.9 Å². The molecule has 3 unspecified atom stereocenters. The molecule has 0 aliphatic carbocycles. The van der Waals surface area contributed by atoms with Crippen molar-refractivity contribution >= 4 is 23.4 Å². The lowest BCUT2D eigenvalue weighted by atomic mass is 10.1. The average Bonchev–Trinajstić information content (AvgIpc) is 2.84. The smallest absolute Gasteiger partial charge is 0.0669 e. The molecule has 1 aromatic rings. The first-order valence-corrected chi connectivity index (χ1v) is 8.68. The summed E-state index contributed by atoms with van der Waals surface area (Å²) in [6, 6.07) is 6.78. The first-order chi connectivity index (χ1) is 9.61. The number of benzene rings is 1. The summed E-state index contributed by atoms with van der Waals surface area (Å²) >= 11 is 8.29. The molecule has 20 heavy (non-hydrogen) atoms.